The first-order valence-electron chi connectivity index (χ1n) is 21.3. The third-order valence-electron chi connectivity index (χ3n) is 12.5. The van der Waals surface area contributed by atoms with Gasteiger partial charge in [-0.15, -0.1) is 0 Å². The summed E-state index contributed by atoms with van der Waals surface area (Å²) in [5.41, 5.74) is 19.1. The number of benzene rings is 9. The number of aromatic nitrogens is 2. The Morgan fingerprint density at radius 3 is 1.30 bits per heavy atom. The second-order valence-electron chi connectivity index (χ2n) is 16.0. The summed E-state index contributed by atoms with van der Waals surface area (Å²) in [6.45, 7) is 0. The van der Waals surface area contributed by atoms with Crippen LogP contribution in [0.3, 0.4) is 0 Å². The molecule has 1 aliphatic rings. The van der Waals surface area contributed by atoms with Crippen molar-refractivity contribution in [3.8, 4) is 84.5 Å². The molecule has 1 aliphatic carbocycles. The van der Waals surface area contributed by atoms with Crippen LogP contribution in [0.2, 0.25) is 0 Å². The van der Waals surface area contributed by atoms with E-state index in [0.717, 1.165) is 61.5 Å². The molecular formula is C60H39N3. The number of rotatable bonds is 8. The molecule has 0 aliphatic heterocycles. The molecule has 63 heavy (non-hydrogen) atoms. The summed E-state index contributed by atoms with van der Waals surface area (Å²) in [5.74, 6) is 0.701. The predicted molar refractivity (Wildman–Crippen MR) is 257 cm³/mol. The van der Waals surface area contributed by atoms with E-state index >= 15 is 0 Å². The Labute approximate surface area is 368 Å². The van der Waals surface area contributed by atoms with Crippen LogP contribution in [-0.2, 0) is 5.41 Å². The molecule has 9 aromatic carbocycles. The van der Waals surface area contributed by atoms with Gasteiger partial charge in [-0.05, 0) is 97.1 Å². The molecule has 10 aromatic rings. The van der Waals surface area contributed by atoms with E-state index in [9.17, 15) is 5.26 Å². The van der Waals surface area contributed by atoms with Gasteiger partial charge in [0.05, 0.1) is 28.4 Å². The van der Waals surface area contributed by atoms with E-state index in [-0.39, 0.29) is 0 Å². The molecule has 3 heteroatoms. The third-order valence-corrected chi connectivity index (χ3v) is 12.5. The van der Waals surface area contributed by atoms with Crippen LogP contribution in [0.4, 0.5) is 0 Å². The lowest BCUT2D eigenvalue weighted by atomic mass is 9.67. The second kappa shape index (κ2) is 15.9. The number of hydrogen-bond donors (Lipinski definition) is 0. The molecule has 0 unspecified atom stereocenters. The summed E-state index contributed by atoms with van der Waals surface area (Å²) >= 11 is 0. The fraction of sp³-hybridized carbons (Fsp3) is 0.0167. The minimum absolute atomic E-state index is 0.526. The van der Waals surface area contributed by atoms with Gasteiger partial charge in [0.25, 0.3) is 0 Å². The lowest BCUT2D eigenvalue weighted by Gasteiger charge is -2.34. The van der Waals surface area contributed by atoms with E-state index in [2.05, 4.69) is 194 Å². The number of hydrogen-bond acceptors (Lipinski definition) is 3. The maximum absolute atomic E-state index is 9.69. The van der Waals surface area contributed by atoms with Crippen molar-refractivity contribution in [3.63, 3.8) is 0 Å². The molecule has 0 amide bonds. The van der Waals surface area contributed by atoms with Crippen molar-refractivity contribution in [3.05, 3.63) is 264 Å². The first-order chi connectivity index (χ1) is 31.2. The molecule has 1 heterocycles. The van der Waals surface area contributed by atoms with Crippen molar-refractivity contribution >= 4 is 0 Å². The van der Waals surface area contributed by atoms with Crippen LogP contribution in [0.1, 0.15) is 27.8 Å². The topological polar surface area (TPSA) is 49.6 Å². The van der Waals surface area contributed by atoms with Crippen LogP contribution >= 0.6 is 0 Å². The normalized spacial score (nSPS) is 12.2. The fourth-order valence-electron chi connectivity index (χ4n) is 9.43. The van der Waals surface area contributed by atoms with Gasteiger partial charge in [0.15, 0.2) is 5.82 Å². The van der Waals surface area contributed by atoms with E-state index in [1.165, 1.54) is 33.4 Å². The lowest BCUT2D eigenvalue weighted by Crippen LogP contribution is -2.28. The standard InChI is InChI=1S/C60H39N3/c61-40-41-25-27-44(28-26-41)52-37-54-51-23-13-14-24-55(51)60(49-19-9-3-10-20-49,50-21-11-4-12-22-50)56(54)38-53(52)45-33-29-42(30-34-45)43-31-35-47(36-32-43)58-39-57(46-15-5-1-6-16-46)62-59(63-58)48-17-7-2-8-18-48/h1-39H. The van der Waals surface area contributed by atoms with Crippen LogP contribution in [0.5, 0.6) is 0 Å². The lowest BCUT2D eigenvalue weighted by molar-refractivity contribution is 0.769. The molecular weight excluding hydrogens is 763 g/mol. The molecule has 294 valence electrons. The fourth-order valence-corrected chi connectivity index (χ4v) is 9.43. The average Bonchev–Trinajstić information content (AvgIpc) is 3.67. The number of nitriles is 1. The Kier molecular flexibility index (Phi) is 9.45. The van der Waals surface area contributed by atoms with Gasteiger partial charge in [0.1, 0.15) is 0 Å². The highest BCUT2D eigenvalue weighted by molar-refractivity contribution is 5.95. The Morgan fingerprint density at radius 2 is 0.746 bits per heavy atom. The zero-order chi connectivity index (χ0) is 42.2. The maximum atomic E-state index is 9.69. The van der Waals surface area contributed by atoms with E-state index in [1.54, 1.807) is 0 Å². The molecule has 0 spiro atoms. The first kappa shape index (κ1) is 37.5. The highest BCUT2D eigenvalue weighted by Crippen LogP contribution is 2.58. The molecule has 0 bridgehead atoms. The molecule has 0 saturated heterocycles. The van der Waals surface area contributed by atoms with Gasteiger partial charge >= 0.3 is 0 Å². The van der Waals surface area contributed by atoms with Crippen molar-refractivity contribution in [2.24, 2.45) is 0 Å². The summed E-state index contributed by atoms with van der Waals surface area (Å²) < 4.78 is 0. The summed E-state index contributed by atoms with van der Waals surface area (Å²) in [6.07, 6.45) is 0. The Bertz CT molecular complexity index is 3180. The zero-order valence-corrected chi connectivity index (χ0v) is 34.4. The van der Waals surface area contributed by atoms with Crippen molar-refractivity contribution in [2.75, 3.05) is 0 Å². The molecule has 0 N–H and O–H groups in total. The number of nitrogens with zero attached hydrogens (tertiary/aromatic N) is 3. The second-order valence-corrected chi connectivity index (χ2v) is 16.0. The monoisotopic (exact) mass is 801 g/mol. The Balaban J connectivity index is 1.02. The van der Waals surface area contributed by atoms with Crippen molar-refractivity contribution < 1.29 is 0 Å². The minimum atomic E-state index is -0.526. The molecule has 11 rings (SSSR count). The van der Waals surface area contributed by atoms with Gasteiger partial charge in [-0.2, -0.15) is 5.26 Å². The number of fused-ring (bicyclic) bond motifs is 3. The quantitative estimate of drug-likeness (QED) is 0.154. The largest absolute Gasteiger partial charge is 0.228 e. The van der Waals surface area contributed by atoms with Crippen molar-refractivity contribution in [2.45, 2.75) is 5.41 Å². The van der Waals surface area contributed by atoms with Crippen LogP contribution in [0.25, 0.3) is 78.4 Å². The first-order valence-corrected chi connectivity index (χ1v) is 21.3. The molecule has 0 fully saturated rings. The van der Waals surface area contributed by atoms with Crippen molar-refractivity contribution in [1.29, 1.82) is 5.26 Å². The van der Waals surface area contributed by atoms with E-state index in [0.29, 0.717) is 11.4 Å². The van der Waals surface area contributed by atoms with Gasteiger partial charge in [-0.25, -0.2) is 9.97 Å². The molecule has 0 radical (unpaired) electrons. The minimum Gasteiger partial charge on any atom is -0.228 e. The Hall–Kier alpha value is -8.45. The molecule has 0 saturated carbocycles. The van der Waals surface area contributed by atoms with E-state index in [4.69, 9.17) is 9.97 Å². The summed E-state index contributed by atoms with van der Waals surface area (Å²) in [4.78, 5) is 10.0. The van der Waals surface area contributed by atoms with Crippen LogP contribution in [-0.4, -0.2) is 9.97 Å². The van der Waals surface area contributed by atoms with Gasteiger partial charge in [0, 0.05) is 16.7 Å². The van der Waals surface area contributed by atoms with E-state index < -0.39 is 5.41 Å². The van der Waals surface area contributed by atoms with Crippen LogP contribution in [0, 0.1) is 11.3 Å². The van der Waals surface area contributed by atoms with E-state index in [1.807, 2.05) is 48.5 Å². The summed E-state index contributed by atoms with van der Waals surface area (Å²) in [7, 11) is 0. The van der Waals surface area contributed by atoms with Gasteiger partial charge in [-0.1, -0.05) is 206 Å². The third kappa shape index (κ3) is 6.63. The zero-order valence-electron chi connectivity index (χ0n) is 34.4. The SMILES string of the molecule is N#Cc1ccc(-c2cc3c(cc2-c2ccc(-c4ccc(-c5cc(-c6ccccc6)nc(-c6ccccc6)n5)cc4)cc2)C(c2ccccc2)(c2ccccc2)c2ccccc2-3)cc1. The summed E-state index contributed by atoms with van der Waals surface area (Å²) in [5, 5.41) is 9.69. The molecule has 3 nitrogen and oxygen atoms in total. The van der Waals surface area contributed by atoms with Gasteiger partial charge in [-0.3, -0.25) is 0 Å². The highest BCUT2D eigenvalue weighted by atomic mass is 14.9. The van der Waals surface area contributed by atoms with Gasteiger partial charge in [0.2, 0.25) is 0 Å². The summed E-state index contributed by atoms with van der Waals surface area (Å²) in [6, 6.07) is 85.9. The van der Waals surface area contributed by atoms with Crippen LogP contribution in [0.15, 0.2) is 237 Å². The Morgan fingerprint density at radius 1 is 0.317 bits per heavy atom. The smallest absolute Gasteiger partial charge is 0.160 e. The molecule has 1 aromatic heterocycles. The highest BCUT2D eigenvalue weighted by Gasteiger charge is 2.46. The average molecular weight is 802 g/mol. The van der Waals surface area contributed by atoms with Gasteiger partial charge < -0.3 is 0 Å². The molecule has 0 atom stereocenters. The van der Waals surface area contributed by atoms with Crippen molar-refractivity contribution in [1.82, 2.24) is 9.97 Å². The maximum Gasteiger partial charge on any atom is 0.160 e. The van der Waals surface area contributed by atoms with Crippen LogP contribution < -0.4 is 0 Å². The predicted octanol–water partition coefficient (Wildman–Crippen LogP) is 14.7.